The Morgan fingerprint density at radius 3 is 3.08 bits per heavy atom. The fraction of sp³-hybridized carbons (Fsp3) is 0.222. The summed E-state index contributed by atoms with van der Waals surface area (Å²) in [6.07, 6.45) is 1.72. The first-order chi connectivity index (χ1) is 5.74. The summed E-state index contributed by atoms with van der Waals surface area (Å²) in [5, 5.41) is 1.12. The molecule has 0 amide bonds. The molecule has 1 aromatic rings. The number of hydrogen-bond donors (Lipinski definition) is 0. The van der Waals surface area contributed by atoms with Crippen LogP contribution in [-0.2, 0) is 0 Å². The van der Waals surface area contributed by atoms with Gasteiger partial charge in [0.15, 0.2) is 0 Å². The van der Waals surface area contributed by atoms with Gasteiger partial charge in [0.25, 0.3) is 0 Å². The van der Waals surface area contributed by atoms with Gasteiger partial charge in [-0.25, -0.2) is 4.98 Å². The van der Waals surface area contributed by atoms with Crippen molar-refractivity contribution >= 4 is 27.5 Å². The minimum absolute atomic E-state index is 0.467. The van der Waals surface area contributed by atoms with Crippen LogP contribution in [0.15, 0.2) is 12.3 Å². The normalized spacial score (nSPS) is 8.92. The molecule has 0 aromatic carbocycles. The van der Waals surface area contributed by atoms with Crippen LogP contribution in [0.5, 0.6) is 0 Å². The number of halogens is 2. The molecule has 12 heavy (non-hydrogen) atoms. The predicted molar refractivity (Wildman–Crippen MR) is 54.7 cm³/mol. The molecule has 0 saturated carbocycles. The first-order valence-corrected chi connectivity index (χ1v) is 4.91. The number of aryl methyl sites for hydroxylation is 1. The van der Waals surface area contributed by atoms with Crippen molar-refractivity contribution in [3.05, 3.63) is 28.5 Å². The van der Waals surface area contributed by atoms with Gasteiger partial charge in [-0.3, -0.25) is 0 Å². The lowest BCUT2D eigenvalue weighted by atomic mass is 10.2. The SMILES string of the molecule is Cc1cnc(Cl)c(C#CCBr)c1. The van der Waals surface area contributed by atoms with Crippen molar-refractivity contribution in [3.63, 3.8) is 0 Å². The standard InChI is InChI=1S/C9H7BrClN/c1-7-5-8(3-2-4-10)9(11)12-6-7/h5-6H,4H2,1H3. The van der Waals surface area contributed by atoms with E-state index in [-0.39, 0.29) is 0 Å². The first kappa shape index (κ1) is 9.57. The van der Waals surface area contributed by atoms with Crippen LogP contribution in [0.2, 0.25) is 5.15 Å². The molecule has 1 heterocycles. The summed E-state index contributed by atoms with van der Waals surface area (Å²) in [7, 11) is 0. The van der Waals surface area contributed by atoms with Gasteiger partial charge >= 0.3 is 0 Å². The van der Waals surface area contributed by atoms with Crippen LogP contribution in [0.1, 0.15) is 11.1 Å². The molecule has 0 bridgehead atoms. The lowest BCUT2D eigenvalue weighted by Gasteiger charge is -1.95. The van der Waals surface area contributed by atoms with Gasteiger partial charge in [0.2, 0.25) is 0 Å². The van der Waals surface area contributed by atoms with Gasteiger partial charge in [0, 0.05) is 6.20 Å². The molecular formula is C9H7BrClN. The lowest BCUT2D eigenvalue weighted by Crippen LogP contribution is -1.84. The zero-order chi connectivity index (χ0) is 8.97. The Morgan fingerprint density at radius 1 is 1.67 bits per heavy atom. The summed E-state index contributed by atoms with van der Waals surface area (Å²) in [5.41, 5.74) is 1.86. The van der Waals surface area contributed by atoms with Gasteiger partial charge in [0.05, 0.1) is 10.9 Å². The third kappa shape index (κ3) is 2.51. The Hall–Kier alpha value is -0.520. The van der Waals surface area contributed by atoms with Gasteiger partial charge < -0.3 is 0 Å². The minimum atomic E-state index is 0.467. The summed E-state index contributed by atoms with van der Waals surface area (Å²) in [5.74, 6) is 5.79. The summed E-state index contributed by atoms with van der Waals surface area (Å²) in [6, 6.07) is 1.92. The van der Waals surface area contributed by atoms with E-state index in [1.165, 1.54) is 0 Å². The second-order valence-electron chi connectivity index (χ2n) is 2.29. The molecule has 0 saturated heterocycles. The molecule has 0 aliphatic heterocycles. The van der Waals surface area contributed by atoms with Gasteiger partial charge in [-0.15, -0.1) is 0 Å². The summed E-state index contributed by atoms with van der Waals surface area (Å²) < 4.78 is 0. The maximum atomic E-state index is 5.80. The number of aromatic nitrogens is 1. The zero-order valence-electron chi connectivity index (χ0n) is 6.56. The highest BCUT2D eigenvalue weighted by molar-refractivity contribution is 9.09. The first-order valence-electron chi connectivity index (χ1n) is 3.41. The quantitative estimate of drug-likeness (QED) is 0.388. The summed E-state index contributed by atoms with van der Waals surface area (Å²) in [4.78, 5) is 3.98. The highest BCUT2D eigenvalue weighted by Crippen LogP contribution is 2.12. The van der Waals surface area contributed by atoms with E-state index in [4.69, 9.17) is 11.6 Å². The van der Waals surface area contributed by atoms with Crippen LogP contribution in [0, 0.1) is 18.8 Å². The third-order valence-electron chi connectivity index (χ3n) is 1.27. The number of rotatable bonds is 0. The van der Waals surface area contributed by atoms with Gasteiger partial charge in [-0.1, -0.05) is 39.4 Å². The molecule has 62 valence electrons. The predicted octanol–water partition coefficient (Wildman–Crippen LogP) is 2.79. The van der Waals surface area contributed by atoms with E-state index in [1.807, 2.05) is 13.0 Å². The highest BCUT2D eigenvalue weighted by atomic mass is 79.9. The van der Waals surface area contributed by atoms with Crippen LogP contribution in [0.4, 0.5) is 0 Å². The molecule has 0 aliphatic rings. The van der Waals surface area contributed by atoms with E-state index in [0.717, 1.165) is 11.1 Å². The summed E-state index contributed by atoms with van der Waals surface area (Å²) in [6.45, 7) is 1.96. The number of nitrogens with zero attached hydrogens (tertiary/aromatic N) is 1. The van der Waals surface area contributed by atoms with Crippen molar-refractivity contribution in [2.45, 2.75) is 6.92 Å². The Balaban J connectivity index is 3.05. The number of hydrogen-bond acceptors (Lipinski definition) is 1. The molecule has 0 aliphatic carbocycles. The summed E-state index contributed by atoms with van der Waals surface area (Å²) >= 11 is 9.02. The molecule has 0 unspecified atom stereocenters. The molecule has 1 aromatic heterocycles. The van der Waals surface area contributed by atoms with E-state index >= 15 is 0 Å². The lowest BCUT2D eigenvalue weighted by molar-refractivity contribution is 1.25. The topological polar surface area (TPSA) is 12.9 Å². The van der Waals surface area contributed by atoms with E-state index in [0.29, 0.717) is 10.5 Å². The maximum Gasteiger partial charge on any atom is 0.144 e. The fourth-order valence-corrected chi connectivity index (χ4v) is 1.06. The molecule has 3 heteroatoms. The van der Waals surface area contributed by atoms with Crippen molar-refractivity contribution in [2.75, 3.05) is 5.33 Å². The van der Waals surface area contributed by atoms with Crippen molar-refractivity contribution < 1.29 is 0 Å². The van der Waals surface area contributed by atoms with Crippen LogP contribution in [-0.4, -0.2) is 10.3 Å². The molecular weight excluding hydrogens is 237 g/mol. The average Bonchev–Trinajstić information content (AvgIpc) is 2.07. The Kier molecular flexibility index (Phi) is 3.58. The smallest absolute Gasteiger partial charge is 0.144 e. The Labute approximate surface area is 85.3 Å². The molecule has 1 nitrogen and oxygen atoms in total. The average molecular weight is 245 g/mol. The van der Waals surface area contributed by atoms with E-state index in [9.17, 15) is 0 Å². The van der Waals surface area contributed by atoms with Crippen molar-refractivity contribution in [1.29, 1.82) is 0 Å². The van der Waals surface area contributed by atoms with Crippen molar-refractivity contribution in [1.82, 2.24) is 4.98 Å². The van der Waals surface area contributed by atoms with Gasteiger partial charge in [0.1, 0.15) is 5.15 Å². The second kappa shape index (κ2) is 4.49. The largest absolute Gasteiger partial charge is 0.243 e. The molecule has 1 rings (SSSR count). The second-order valence-corrected chi connectivity index (χ2v) is 3.21. The van der Waals surface area contributed by atoms with Crippen LogP contribution < -0.4 is 0 Å². The maximum absolute atomic E-state index is 5.80. The molecule has 0 radical (unpaired) electrons. The highest BCUT2D eigenvalue weighted by Gasteiger charge is 1.96. The van der Waals surface area contributed by atoms with Crippen LogP contribution >= 0.6 is 27.5 Å². The zero-order valence-corrected chi connectivity index (χ0v) is 8.91. The molecule has 0 N–H and O–H groups in total. The van der Waals surface area contributed by atoms with E-state index in [2.05, 4.69) is 32.8 Å². The fourth-order valence-electron chi connectivity index (χ4n) is 0.769. The molecule has 0 spiro atoms. The monoisotopic (exact) mass is 243 g/mol. The van der Waals surface area contributed by atoms with Crippen LogP contribution in [0.3, 0.4) is 0 Å². The van der Waals surface area contributed by atoms with E-state index in [1.54, 1.807) is 6.20 Å². The molecule has 0 atom stereocenters. The van der Waals surface area contributed by atoms with Crippen LogP contribution in [0.25, 0.3) is 0 Å². The molecule has 0 fully saturated rings. The van der Waals surface area contributed by atoms with E-state index < -0.39 is 0 Å². The number of alkyl halides is 1. The minimum Gasteiger partial charge on any atom is -0.243 e. The Morgan fingerprint density at radius 2 is 2.42 bits per heavy atom. The van der Waals surface area contributed by atoms with Crippen molar-refractivity contribution in [2.24, 2.45) is 0 Å². The third-order valence-corrected chi connectivity index (χ3v) is 1.85. The van der Waals surface area contributed by atoms with Gasteiger partial charge in [-0.05, 0) is 18.6 Å². The van der Waals surface area contributed by atoms with Gasteiger partial charge in [-0.2, -0.15) is 0 Å². The number of pyridine rings is 1. The Bertz CT molecular complexity index is 338. The van der Waals surface area contributed by atoms with Crippen molar-refractivity contribution in [3.8, 4) is 11.8 Å².